The Morgan fingerprint density at radius 3 is 1.38 bits per heavy atom. The molecule has 3 heterocycles. The van der Waals surface area contributed by atoms with Crippen molar-refractivity contribution in [2.45, 2.75) is 0 Å². The van der Waals surface area contributed by atoms with Gasteiger partial charge in [-0.3, -0.25) is 19.3 Å². The average Bonchev–Trinajstić information content (AvgIpc) is 2.12. The molecule has 1 saturated carbocycles. The van der Waals surface area contributed by atoms with Gasteiger partial charge in [0.25, 0.3) is 0 Å². The lowest BCUT2D eigenvalue weighted by molar-refractivity contribution is -0.162. The van der Waals surface area contributed by atoms with Gasteiger partial charge in [-0.2, -0.15) is 0 Å². The van der Waals surface area contributed by atoms with Crippen molar-refractivity contribution in [1.29, 1.82) is 0 Å². The van der Waals surface area contributed by atoms with Crippen LogP contribution in [0, 0.1) is 17.8 Å². The highest BCUT2D eigenvalue weighted by molar-refractivity contribution is 6.25. The fourth-order valence-electron chi connectivity index (χ4n) is 2.69. The second kappa shape index (κ2) is 2.07. The Kier molecular flexibility index (Phi) is 1.17. The van der Waals surface area contributed by atoms with E-state index < -0.39 is 17.8 Å². The van der Waals surface area contributed by atoms with Gasteiger partial charge < -0.3 is 0 Å². The standard InChI is InChI=1S/C9H9NO3/c11-7-4-1-10-2-5(7)9(13)6(3-10)8(4)12/h4-6H,1-3H2. The molecule has 4 rings (SSSR count). The van der Waals surface area contributed by atoms with Crippen molar-refractivity contribution >= 4 is 17.3 Å². The third kappa shape index (κ3) is 0.722. The first-order valence-corrected chi connectivity index (χ1v) is 4.52. The number of carbonyl (C=O) groups excluding carboxylic acids is 3. The lowest BCUT2D eigenvalue weighted by Crippen LogP contribution is -2.67. The summed E-state index contributed by atoms with van der Waals surface area (Å²) in [6.45, 7) is 1.66. The first kappa shape index (κ1) is 7.38. The number of Topliss-reactive ketones (excluding diaryl/α,β-unsaturated/α-hetero) is 3. The quantitative estimate of drug-likeness (QED) is 0.442. The van der Waals surface area contributed by atoms with Gasteiger partial charge in [0.15, 0.2) is 17.3 Å². The summed E-state index contributed by atoms with van der Waals surface area (Å²) in [5, 5.41) is 0. The van der Waals surface area contributed by atoms with Crippen molar-refractivity contribution in [3.63, 3.8) is 0 Å². The Labute approximate surface area is 74.9 Å². The second-order valence-corrected chi connectivity index (χ2v) is 4.08. The lowest BCUT2D eigenvalue weighted by Gasteiger charge is -2.47. The first-order chi connectivity index (χ1) is 6.18. The van der Waals surface area contributed by atoms with E-state index in [2.05, 4.69) is 4.90 Å². The summed E-state index contributed by atoms with van der Waals surface area (Å²) in [4.78, 5) is 36.6. The molecule has 0 N–H and O–H groups in total. The largest absolute Gasteiger partial charge is 0.300 e. The summed E-state index contributed by atoms with van der Waals surface area (Å²) in [5.41, 5.74) is 0. The van der Waals surface area contributed by atoms with E-state index in [0.29, 0.717) is 19.6 Å². The molecule has 0 aromatic heterocycles. The number of piperidine rings is 3. The summed E-state index contributed by atoms with van der Waals surface area (Å²) < 4.78 is 0. The van der Waals surface area contributed by atoms with Crippen LogP contribution in [0.3, 0.4) is 0 Å². The van der Waals surface area contributed by atoms with Crippen LogP contribution >= 0.6 is 0 Å². The molecule has 0 aromatic carbocycles. The van der Waals surface area contributed by atoms with E-state index in [1.807, 2.05) is 0 Å². The fourth-order valence-corrected chi connectivity index (χ4v) is 2.69. The smallest absolute Gasteiger partial charge is 0.156 e. The first-order valence-electron chi connectivity index (χ1n) is 4.52. The lowest BCUT2D eigenvalue weighted by atomic mass is 9.66. The maximum atomic E-state index is 11.5. The molecule has 3 aliphatic heterocycles. The zero-order valence-corrected chi connectivity index (χ0v) is 7.03. The van der Waals surface area contributed by atoms with Crippen LogP contribution in [0.4, 0.5) is 0 Å². The third-order valence-corrected chi connectivity index (χ3v) is 3.38. The van der Waals surface area contributed by atoms with Gasteiger partial charge in [0.05, 0.1) is 17.8 Å². The molecule has 1 aliphatic carbocycles. The van der Waals surface area contributed by atoms with Gasteiger partial charge in [-0.1, -0.05) is 0 Å². The average molecular weight is 179 g/mol. The highest BCUT2D eigenvalue weighted by Crippen LogP contribution is 2.36. The van der Waals surface area contributed by atoms with Gasteiger partial charge in [-0.05, 0) is 0 Å². The molecule has 0 radical (unpaired) electrons. The van der Waals surface area contributed by atoms with Crippen LogP contribution in [0.1, 0.15) is 0 Å². The molecule has 4 fully saturated rings. The van der Waals surface area contributed by atoms with E-state index in [1.54, 1.807) is 0 Å². The van der Waals surface area contributed by atoms with Crippen molar-refractivity contribution in [1.82, 2.24) is 4.90 Å². The van der Waals surface area contributed by atoms with Crippen molar-refractivity contribution in [2.75, 3.05) is 19.6 Å². The number of ketones is 3. The zero-order valence-electron chi connectivity index (χ0n) is 7.03. The maximum absolute atomic E-state index is 11.5. The highest BCUT2D eigenvalue weighted by Gasteiger charge is 2.56. The van der Waals surface area contributed by atoms with Crippen molar-refractivity contribution in [3.05, 3.63) is 0 Å². The molecule has 4 aliphatic rings. The molecule has 4 bridgehead atoms. The zero-order chi connectivity index (χ0) is 9.16. The van der Waals surface area contributed by atoms with Crippen LogP contribution < -0.4 is 0 Å². The minimum atomic E-state index is -0.477. The summed E-state index contributed by atoms with van der Waals surface area (Å²) in [7, 11) is 0. The number of carbonyl (C=O) groups is 3. The Balaban J connectivity index is 2.11. The summed E-state index contributed by atoms with van der Waals surface area (Å²) in [6, 6.07) is 0. The number of nitrogens with zero attached hydrogens (tertiary/aromatic N) is 1. The van der Waals surface area contributed by atoms with Crippen molar-refractivity contribution < 1.29 is 14.4 Å². The van der Waals surface area contributed by atoms with Gasteiger partial charge in [0, 0.05) is 19.6 Å². The molecule has 0 spiro atoms. The van der Waals surface area contributed by atoms with Crippen LogP contribution in [0.5, 0.6) is 0 Å². The van der Waals surface area contributed by atoms with Crippen LogP contribution in [0.2, 0.25) is 0 Å². The predicted molar refractivity (Wildman–Crippen MR) is 41.9 cm³/mol. The number of rotatable bonds is 0. The Morgan fingerprint density at radius 1 is 0.769 bits per heavy atom. The third-order valence-electron chi connectivity index (χ3n) is 3.38. The minimum Gasteiger partial charge on any atom is -0.300 e. The molecule has 4 heteroatoms. The van der Waals surface area contributed by atoms with Crippen molar-refractivity contribution in [2.24, 2.45) is 17.8 Å². The summed E-state index contributed by atoms with van der Waals surface area (Å²) >= 11 is 0. The van der Waals surface area contributed by atoms with Crippen LogP contribution in [-0.2, 0) is 14.4 Å². The van der Waals surface area contributed by atoms with Crippen molar-refractivity contribution in [3.8, 4) is 0 Å². The Bertz CT molecular complexity index is 265. The van der Waals surface area contributed by atoms with E-state index in [-0.39, 0.29) is 17.3 Å². The topological polar surface area (TPSA) is 54.5 Å². The molecule has 0 amide bonds. The molecular formula is C9H9NO3. The molecule has 3 saturated heterocycles. The monoisotopic (exact) mass is 179 g/mol. The number of hydrogen-bond acceptors (Lipinski definition) is 4. The Morgan fingerprint density at radius 2 is 1.08 bits per heavy atom. The van der Waals surface area contributed by atoms with Gasteiger partial charge in [-0.25, -0.2) is 0 Å². The SMILES string of the molecule is O=C1C2CN3CC1C(=O)C(C3)C2=O. The molecule has 4 nitrogen and oxygen atoms in total. The second-order valence-electron chi connectivity index (χ2n) is 4.08. The molecule has 0 atom stereocenters. The minimum absolute atomic E-state index is 0.123. The normalized spacial score (nSPS) is 47.5. The molecular weight excluding hydrogens is 170 g/mol. The van der Waals surface area contributed by atoms with Crippen LogP contribution in [0.25, 0.3) is 0 Å². The van der Waals surface area contributed by atoms with E-state index >= 15 is 0 Å². The van der Waals surface area contributed by atoms with Crippen LogP contribution in [0.15, 0.2) is 0 Å². The van der Waals surface area contributed by atoms with E-state index in [0.717, 1.165) is 0 Å². The summed E-state index contributed by atoms with van der Waals surface area (Å²) in [6.07, 6.45) is 0. The van der Waals surface area contributed by atoms with Gasteiger partial charge >= 0.3 is 0 Å². The molecule has 68 valence electrons. The molecule has 0 aromatic rings. The summed E-state index contributed by atoms with van der Waals surface area (Å²) in [5.74, 6) is -1.80. The molecule has 13 heavy (non-hydrogen) atoms. The maximum Gasteiger partial charge on any atom is 0.156 e. The highest BCUT2D eigenvalue weighted by atomic mass is 16.2. The molecule has 0 unspecified atom stereocenters. The van der Waals surface area contributed by atoms with E-state index in [4.69, 9.17) is 0 Å². The van der Waals surface area contributed by atoms with Gasteiger partial charge in [-0.15, -0.1) is 0 Å². The van der Waals surface area contributed by atoms with E-state index in [9.17, 15) is 14.4 Å². The fraction of sp³-hybridized carbons (Fsp3) is 0.667. The van der Waals surface area contributed by atoms with Crippen LogP contribution in [-0.4, -0.2) is 41.9 Å². The van der Waals surface area contributed by atoms with E-state index in [1.165, 1.54) is 0 Å². The van der Waals surface area contributed by atoms with Gasteiger partial charge in [0.2, 0.25) is 0 Å². The van der Waals surface area contributed by atoms with Gasteiger partial charge in [0.1, 0.15) is 0 Å². The number of hydrogen-bond donors (Lipinski definition) is 0. The predicted octanol–water partition coefficient (Wildman–Crippen LogP) is -1.11. The Hall–Kier alpha value is -1.03.